The van der Waals surface area contributed by atoms with Crippen LogP contribution >= 0.6 is 0 Å². The molecule has 1 aliphatic rings. The molecular formula is C18H15F4NO3. The molecule has 1 aliphatic carbocycles. The third-order valence-corrected chi connectivity index (χ3v) is 3.68. The Labute approximate surface area is 146 Å². The SMILES string of the molecule is CC1=CC(=O)C(C(C)C)=C/C1=N\OC(=O)c1cc(F)ccc1C(F)(F)F. The number of rotatable bonds is 3. The van der Waals surface area contributed by atoms with Gasteiger partial charge in [0.15, 0.2) is 5.78 Å². The molecule has 0 heterocycles. The first-order valence-electron chi connectivity index (χ1n) is 7.61. The molecule has 26 heavy (non-hydrogen) atoms. The fourth-order valence-corrected chi connectivity index (χ4v) is 2.31. The summed E-state index contributed by atoms with van der Waals surface area (Å²) in [5.41, 5.74) is -1.36. The first-order valence-corrected chi connectivity index (χ1v) is 7.61. The zero-order valence-electron chi connectivity index (χ0n) is 14.1. The van der Waals surface area contributed by atoms with Gasteiger partial charge in [0.2, 0.25) is 0 Å². The summed E-state index contributed by atoms with van der Waals surface area (Å²) in [4.78, 5) is 28.4. The van der Waals surface area contributed by atoms with E-state index in [0.29, 0.717) is 29.3 Å². The number of carbonyl (C=O) groups is 2. The third-order valence-electron chi connectivity index (χ3n) is 3.68. The lowest BCUT2D eigenvalue weighted by atomic mass is 9.90. The average molecular weight is 369 g/mol. The van der Waals surface area contributed by atoms with Crippen LogP contribution in [-0.2, 0) is 15.8 Å². The van der Waals surface area contributed by atoms with Crippen molar-refractivity contribution >= 4 is 17.5 Å². The van der Waals surface area contributed by atoms with E-state index in [2.05, 4.69) is 9.99 Å². The van der Waals surface area contributed by atoms with Crippen molar-refractivity contribution in [1.29, 1.82) is 0 Å². The van der Waals surface area contributed by atoms with Crippen molar-refractivity contribution < 1.29 is 32.0 Å². The van der Waals surface area contributed by atoms with Crippen molar-refractivity contribution in [2.24, 2.45) is 11.1 Å². The van der Waals surface area contributed by atoms with Gasteiger partial charge in [-0.15, -0.1) is 0 Å². The van der Waals surface area contributed by atoms with E-state index in [4.69, 9.17) is 0 Å². The molecule has 0 spiro atoms. The number of hydrogen-bond donors (Lipinski definition) is 0. The minimum absolute atomic E-state index is 0.118. The van der Waals surface area contributed by atoms with Crippen molar-refractivity contribution in [1.82, 2.24) is 0 Å². The monoisotopic (exact) mass is 369 g/mol. The predicted molar refractivity (Wildman–Crippen MR) is 85.9 cm³/mol. The number of nitrogens with zero attached hydrogens (tertiary/aromatic N) is 1. The second-order valence-electron chi connectivity index (χ2n) is 5.99. The highest BCUT2D eigenvalue weighted by molar-refractivity contribution is 6.21. The second kappa shape index (κ2) is 7.23. The quantitative estimate of drug-likeness (QED) is 0.342. The zero-order valence-corrected chi connectivity index (χ0v) is 14.1. The van der Waals surface area contributed by atoms with Crippen molar-refractivity contribution in [3.05, 3.63) is 58.4 Å². The summed E-state index contributed by atoms with van der Waals surface area (Å²) in [7, 11) is 0. The van der Waals surface area contributed by atoms with Crippen molar-refractivity contribution in [2.75, 3.05) is 0 Å². The van der Waals surface area contributed by atoms with Gasteiger partial charge in [0, 0.05) is 5.57 Å². The number of alkyl halides is 3. The summed E-state index contributed by atoms with van der Waals surface area (Å²) in [6, 6.07) is 1.50. The lowest BCUT2D eigenvalue weighted by Crippen LogP contribution is -2.17. The predicted octanol–water partition coefficient (Wildman–Crippen LogP) is 4.47. The van der Waals surface area contributed by atoms with Crippen LogP contribution in [0.5, 0.6) is 0 Å². The van der Waals surface area contributed by atoms with E-state index < -0.39 is 29.1 Å². The van der Waals surface area contributed by atoms with Gasteiger partial charge in [-0.05, 0) is 48.8 Å². The molecule has 1 aromatic rings. The molecule has 8 heteroatoms. The van der Waals surface area contributed by atoms with E-state index in [1.165, 1.54) is 12.2 Å². The summed E-state index contributed by atoms with van der Waals surface area (Å²) in [5.74, 6) is -2.80. The van der Waals surface area contributed by atoms with Gasteiger partial charge in [0.05, 0.1) is 11.1 Å². The Kier molecular flexibility index (Phi) is 5.44. The van der Waals surface area contributed by atoms with Gasteiger partial charge >= 0.3 is 12.1 Å². The minimum atomic E-state index is -4.85. The molecule has 4 nitrogen and oxygen atoms in total. The molecular weight excluding hydrogens is 354 g/mol. The van der Waals surface area contributed by atoms with Crippen LogP contribution in [0.1, 0.15) is 36.7 Å². The lowest BCUT2D eigenvalue weighted by Gasteiger charge is -2.15. The maximum atomic E-state index is 13.3. The molecule has 0 aliphatic heterocycles. The summed E-state index contributed by atoms with van der Waals surface area (Å²) in [6.07, 6.45) is -2.15. The molecule has 138 valence electrons. The number of hydrogen-bond acceptors (Lipinski definition) is 4. The average Bonchev–Trinajstić information content (AvgIpc) is 2.52. The van der Waals surface area contributed by atoms with Crippen LogP contribution in [0.4, 0.5) is 17.6 Å². The fourth-order valence-electron chi connectivity index (χ4n) is 2.31. The summed E-state index contributed by atoms with van der Waals surface area (Å²) >= 11 is 0. The van der Waals surface area contributed by atoms with Gasteiger partial charge < -0.3 is 4.84 Å². The Balaban J connectivity index is 2.34. The van der Waals surface area contributed by atoms with Crippen LogP contribution in [0.3, 0.4) is 0 Å². The highest BCUT2D eigenvalue weighted by atomic mass is 19.4. The Bertz CT molecular complexity index is 848. The molecule has 2 rings (SSSR count). The smallest absolute Gasteiger partial charge is 0.312 e. The summed E-state index contributed by atoms with van der Waals surface area (Å²) in [5, 5.41) is 3.54. The first kappa shape index (κ1) is 19.6. The van der Waals surface area contributed by atoms with Crippen LogP contribution in [0.15, 0.2) is 46.7 Å². The molecule has 0 aromatic heterocycles. The van der Waals surface area contributed by atoms with Gasteiger partial charge in [-0.3, -0.25) is 4.79 Å². The molecule has 1 aromatic carbocycles. The minimum Gasteiger partial charge on any atom is -0.312 e. The van der Waals surface area contributed by atoms with Crippen molar-refractivity contribution in [2.45, 2.75) is 26.9 Å². The number of halogens is 4. The van der Waals surface area contributed by atoms with Crippen LogP contribution in [0.25, 0.3) is 0 Å². The van der Waals surface area contributed by atoms with E-state index in [-0.39, 0.29) is 17.4 Å². The topological polar surface area (TPSA) is 55.7 Å². The van der Waals surface area contributed by atoms with Crippen LogP contribution in [-0.4, -0.2) is 17.5 Å². The van der Waals surface area contributed by atoms with Crippen LogP contribution < -0.4 is 0 Å². The molecule has 0 N–H and O–H groups in total. The Hall–Kier alpha value is -2.77. The largest absolute Gasteiger partial charge is 0.417 e. The Morgan fingerprint density at radius 2 is 1.85 bits per heavy atom. The van der Waals surface area contributed by atoms with Gasteiger partial charge in [0.25, 0.3) is 0 Å². The molecule has 0 amide bonds. The van der Waals surface area contributed by atoms with Gasteiger partial charge in [0.1, 0.15) is 11.5 Å². The lowest BCUT2D eigenvalue weighted by molar-refractivity contribution is -0.138. The van der Waals surface area contributed by atoms with E-state index in [1.54, 1.807) is 20.8 Å². The number of allylic oxidation sites excluding steroid dienone is 4. The van der Waals surface area contributed by atoms with E-state index in [0.717, 1.165) is 0 Å². The standard InChI is InChI=1S/C18H15F4NO3/c1-9(2)12-8-15(10(3)6-16(12)24)23-26-17(25)13-7-11(19)4-5-14(13)18(20,21)22/h4-9H,1-3H3/b23-15+. The normalized spacial score (nSPS) is 16.6. The molecule has 0 saturated heterocycles. The maximum Gasteiger partial charge on any atom is 0.417 e. The van der Waals surface area contributed by atoms with Crippen LogP contribution in [0.2, 0.25) is 0 Å². The highest BCUT2D eigenvalue weighted by Gasteiger charge is 2.36. The molecule has 0 saturated carbocycles. The molecule has 0 unspecified atom stereocenters. The third kappa shape index (κ3) is 4.25. The molecule has 0 atom stereocenters. The second-order valence-corrected chi connectivity index (χ2v) is 5.99. The van der Waals surface area contributed by atoms with E-state index in [9.17, 15) is 27.2 Å². The molecule has 0 fully saturated rings. The van der Waals surface area contributed by atoms with Gasteiger partial charge in [-0.25, -0.2) is 9.18 Å². The van der Waals surface area contributed by atoms with E-state index in [1.807, 2.05) is 0 Å². The van der Waals surface area contributed by atoms with Gasteiger partial charge in [-0.1, -0.05) is 19.0 Å². The van der Waals surface area contributed by atoms with Gasteiger partial charge in [-0.2, -0.15) is 13.2 Å². The van der Waals surface area contributed by atoms with Crippen molar-refractivity contribution in [3.8, 4) is 0 Å². The van der Waals surface area contributed by atoms with Crippen LogP contribution in [0, 0.1) is 11.7 Å². The summed E-state index contributed by atoms with van der Waals surface area (Å²) < 4.78 is 52.1. The first-order chi connectivity index (χ1) is 12.0. The Morgan fingerprint density at radius 1 is 1.19 bits per heavy atom. The number of benzene rings is 1. The van der Waals surface area contributed by atoms with Crippen molar-refractivity contribution in [3.63, 3.8) is 0 Å². The maximum absolute atomic E-state index is 13.3. The molecule has 0 bridgehead atoms. The number of carbonyl (C=O) groups excluding carboxylic acids is 2. The zero-order chi connectivity index (χ0) is 19.6. The van der Waals surface area contributed by atoms with E-state index >= 15 is 0 Å². The fraction of sp³-hybridized carbons (Fsp3) is 0.278. The number of ketones is 1. The highest BCUT2D eigenvalue weighted by Crippen LogP contribution is 2.32. The number of oxime groups is 1. The molecule has 0 radical (unpaired) electrons. The summed E-state index contributed by atoms with van der Waals surface area (Å²) in [6.45, 7) is 5.11. The Morgan fingerprint density at radius 3 is 2.42 bits per heavy atom.